The van der Waals surface area contributed by atoms with Gasteiger partial charge < -0.3 is 0 Å². The number of hydrogen-bond acceptors (Lipinski definition) is 4. The molecule has 0 aliphatic rings. The van der Waals surface area contributed by atoms with E-state index in [0.29, 0.717) is 10.7 Å². The Balaban J connectivity index is 1.58. The maximum Gasteiger partial charge on any atom is 0.246 e. The Labute approximate surface area is 148 Å². The number of benzene rings is 2. The highest BCUT2D eigenvalue weighted by molar-refractivity contribution is 7.13. The summed E-state index contributed by atoms with van der Waals surface area (Å²) in [5.74, 6) is -0.204. The van der Waals surface area contributed by atoms with Gasteiger partial charge in [-0.25, -0.2) is 10.4 Å². The molecule has 0 aliphatic carbocycles. The van der Waals surface area contributed by atoms with Crippen molar-refractivity contribution in [3.05, 3.63) is 76.3 Å². The molecule has 3 rings (SSSR count). The van der Waals surface area contributed by atoms with Crippen LogP contribution in [-0.4, -0.2) is 17.1 Å². The van der Waals surface area contributed by atoms with Gasteiger partial charge in [0.05, 0.1) is 18.3 Å². The summed E-state index contributed by atoms with van der Waals surface area (Å²) in [6, 6.07) is 17.1. The van der Waals surface area contributed by atoms with E-state index in [1.165, 1.54) is 11.3 Å². The molecule has 4 nitrogen and oxygen atoms in total. The van der Waals surface area contributed by atoms with Crippen LogP contribution in [0, 0.1) is 0 Å². The number of amides is 1. The minimum absolute atomic E-state index is 0.184. The van der Waals surface area contributed by atoms with Gasteiger partial charge in [-0.05, 0) is 17.7 Å². The first-order valence-corrected chi connectivity index (χ1v) is 8.54. The summed E-state index contributed by atoms with van der Waals surface area (Å²) >= 11 is 7.48. The molecule has 0 aliphatic heterocycles. The topological polar surface area (TPSA) is 54.4 Å². The molecule has 6 heteroatoms. The zero-order valence-corrected chi connectivity index (χ0v) is 14.2. The first-order valence-electron chi connectivity index (χ1n) is 7.28. The van der Waals surface area contributed by atoms with E-state index in [1.807, 2.05) is 60.0 Å². The fraction of sp³-hybridized carbons (Fsp3) is 0.0556. The molecule has 0 bridgehead atoms. The summed E-state index contributed by atoms with van der Waals surface area (Å²) in [6.45, 7) is 0. The molecule has 1 N–H and O–H groups in total. The SMILES string of the molecule is O=C(Cc1csc(-c2cccc(Cl)c2)n1)NN=Cc1ccccc1. The van der Waals surface area contributed by atoms with Crippen LogP contribution in [0.4, 0.5) is 0 Å². The largest absolute Gasteiger partial charge is 0.273 e. The number of rotatable bonds is 5. The average molecular weight is 356 g/mol. The van der Waals surface area contributed by atoms with Crippen molar-refractivity contribution in [2.75, 3.05) is 0 Å². The predicted molar refractivity (Wildman–Crippen MR) is 98.4 cm³/mol. The zero-order valence-electron chi connectivity index (χ0n) is 12.6. The Morgan fingerprint density at radius 2 is 2.04 bits per heavy atom. The molecule has 1 aromatic heterocycles. The van der Waals surface area contributed by atoms with Gasteiger partial charge in [0.2, 0.25) is 5.91 Å². The number of nitrogens with zero attached hydrogens (tertiary/aromatic N) is 2. The van der Waals surface area contributed by atoms with E-state index in [9.17, 15) is 4.79 Å². The highest BCUT2D eigenvalue weighted by Crippen LogP contribution is 2.26. The van der Waals surface area contributed by atoms with Crippen molar-refractivity contribution in [2.45, 2.75) is 6.42 Å². The lowest BCUT2D eigenvalue weighted by atomic mass is 10.2. The van der Waals surface area contributed by atoms with Crippen molar-refractivity contribution in [3.63, 3.8) is 0 Å². The first-order chi connectivity index (χ1) is 11.7. The molecule has 2 aromatic carbocycles. The van der Waals surface area contributed by atoms with E-state index in [2.05, 4.69) is 15.5 Å². The second-order valence-electron chi connectivity index (χ2n) is 5.03. The lowest BCUT2D eigenvalue weighted by molar-refractivity contribution is -0.120. The summed E-state index contributed by atoms with van der Waals surface area (Å²) in [5.41, 5.74) is 5.09. The Hall–Kier alpha value is -2.50. The number of thiazole rings is 1. The number of halogens is 1. The van der Waals surface area contributed by atoms with Crippen LogP contribution in [0.2, 0.25) is 5.02 Å². The number of hydrogen-bond donors (Lipinski definition) is 1. The first kappa shape index (κ1) is 16.4. The Morgan fingerprint density at radius 3 is 2.83 bits per heavy atom. The second-order valence-corrected chi connectivity index (χ2v) is 6.33. The van der Waals surface area contributed by atoms with Crippen molar-refractivity contribution < 1.29 is 4.79 Å². The Morgan fingerprint density at radius 1 is 1.21 bits per heavy atom. The lowest BCUT2D eigenvalue weighted by Crippen LogP contribution is -2.19. The number of aromatic nitrogens is 1. The number of carbonyl (C=O) groups excluding carboxylic acids is 1. The van der Waals surface area contributed by atoms with Gasteiger partial charge in [0, 0.05) is 16.0 Å². The molecular formula is C18H14ClN3OS. The number of carbonyl (C=O) groups is 1. The third-order valence-corrected chi connectivity index (χ3v) is 4.34. The van der Waals surface area contributed by atoms with Crippen LogP contribution in [0.1, 0.15) is 11.3 Å². The molecule has 24 heavy (non-hydrogen) atoms. The number of nitrogens with one attached hydrogen (secondary N) is 1. The van der Waals surface area contributed by atoms with E-state index in [0.717, 1.165) is 16.1 Å². The molecule has 0 saturated carbocycles. The summed E-state index contributed by atoms with van der Waals surface area (Å²) in [7, 11) is 0. The van der Waals surface area contributed by atoms with Crippen LogP contribution in [0.15, 0.2) is 65.1 Å². The van der Waals surface area contributed by atoms with E-state index in [4.69, 9.17) is 11.6 Å². The zero-order chi connectivity index (χ0) is 16.8. The van der Waals surface area contributed by atoms with Crippen LogP contribution in [0.25, 0.3) is 10.6 Å². The molecule has 120 valence electrons. The quantitative estimate of drug-likeness (QED) is 0.552. The highest BCUT2D eigenvalue weighted by atomic mass is 35.5. The van der Waals surface area contributed by atoms with Crippen molar-refractivity contribution in [2.24, 2.45) is 5.10 Å². The van der Waals surface area contributed by atoms with Crippen LogP contribution < -0.4 is 5.43 Å². The molecule has 0 saturated heterocycles. The smallest absolute Gasteiger partial charge is 0.246 e. The van der Waals surface area contributed by atoms with E-state index < -0.39 is 0 Å². The van der Waals surface area contributed by atoms with Crippen molar-refractivity contribution in [1.29, 1.82) is 0 Å². The molecule has 0 spiro atoms. The van der Waals surface area contributed by atoms with Crippen LogP contribution in [-0.2, 0) is 11.2 Å². The van der Waals surface area contributed by atoms with Gasteiger partial charge in [-0.15, -0.1) is 11.3 Å². The Bertz CT molecular complexity index is 861. The van der Waals surface area contributed by atoms with Gasteiger partial charge in [-0.1, -0.05) is 54.1 Å². The van der Waals surface area contributed by atoms with Crippen LogP contribution in [0.3, 0.4) is 0 Å². The van der Waals surface area contributed by atoms with E-state index in [-0.39, 0.29) is 12.3 Å². The summed E-state index contributed by atoms with van der Waals surface area (Å²) in [5, 5.41) is 7.32. The van der Waals surface area contributed by atoms with Crippen molar-refractivity contribution in [1.82, 2.24) is 10.4 Å². The minimum atomic E-state index is -0.204. The predicted octanol–water partition coefficient (Wildman–Crippen LogP) is 4.16. The Kier molecular flexibility index (Phi) is 5.36. The van der Waals surface area contributed by atoms with Gasteiger partial charge in [0.15, 0.2) is 0 Å². The second kappa shape index (κ2) is 7.86. The van der Waals surface area contributed by atoms with Gasteiger partial charge in [0.1, 0.15) is 5.01 Å². The van der Waals surface area contributed by atoms with Crippen LogP contribution >= 0.6 is 22.9 Å². The molecule has 0 atom stereocenters. The maximum absolute atomic E-state index is 11.9. The van der Waals surface area contributed by atoms with Gasteiger partial charge in [-0.2, -0.15) is 5.10 Å². The van der Waals surface area contributed by atoms with E-state index >= 15 is 0 Å². The highest BCUT2D eigenvalue weighted by Gasteiger charge is 2.08. The third-order valence-electron chi connectivity index (χ3n) is 3.17. The minimum Gasteiger partial charge on any atom is -0.273 e. The average Bonchev–Trinajstić information content (AvgIpc) is 3.04. The van der Waals surface area contributed by atoms with Gasteiger partial charge in [-0.3, -0.25) is 4.79 Å². The number of hydrazone groups is 1. The van der Waals surface area contributed by atoms with E-state index in [1.54, 1.807) is 6.21 Å². The van der Waals surface area contributed by atoms with Gasteiger partial charge in [0.25, 0.3) is 0 Å². The molecule has 1 amide bonds. The molecule has 0 fully saturated rings. The standard InChI is InChI=1S/C18H14ClN3OS/c19-15-8-4-7-14(9-15)18-21-16(12-24-18)10-17(23)22-20-11-13-5-2-1-3-6-13/h1-9,11-12H,10H2,(H,22,23). The molecule has 0 unspecified atom stereocenters. The monoisotopic (exact) mass is 355 g/mol. The molecule has 0 radical (unpaired) electrons. The fourth-order valence-corrected chi connectivity index (χ4v) is 3.07. The maximum atomic E-state index is 11.9. The normalized spacial score (nSPS) is 10.9. The molecule has 3 aromatic rings. The summed E-state index contributed by atoms with van der Waals surface area (Å²) < 4.78 is 0. The summed E-state index contributed by atoms with van der Waals surface area (Å²) in [4.78, 5) is 16.4. The molecule has 1 heterocycles. The lowest BCUT2D eigenvalue weighted by Gasteiger charge is -1.98. The van der Waals surface area contributed by atoms with Crippen LogP contribution in [0.5, 0.6) is 0 Å². The molecular weight excluding hydrogens is 342 g/mol. The van der Waals surface area contributed by atoms with Crippen molar-refractivity contribution >= 4 is 35.1 Å². The van der Waals surface area contributed by atoms with Gasteiger partial charge >= 0.3 is 0 Å². The van der Waals surface area contributed by atoms with Crippen molar-refractivity contribution in [3.8, 4) is 10.6 Å². The third kappa shape index (κ3) is 4.50. The summed E-state index contributed by atoms with van der Waals surface area (Å²) in [6.07, 6.45) is 1.79. The fourth-order valence-electron chi connectivity index (χ4n) is 2.06.